The van der Waals surface area contributed by atoms with Gasteiger partial charge in [0.05, 0.1) is 36.6 Å². The minimum Gasteiger partial charge on any atom is -0.465 e. The second-order valence-electron chi connectivity index (χ2n) is 8.20. The summed E-state index contributed by atoms with van der Waals surface area (Å²) in [4.78, 5) is 11.7. The molecular formula is C23H26N10O2. The van der Waals surface area contributed by atoms with E-state index in [1.165, 1.54) is 0 Å². The Hall–Kier alpha value is -4.45. The van der Waals surface area contributed by atoms with E-state index in [1.54, 1.807) is 34.2 Å². The third kappa shape index (κ3) is 5.55. The smallest absolute Gasteiger partial charge is 0.329 e. The number of nitrogens with zero attached hydrogens (tertiary/aromatic N) is 10. The van der Waals surface area contributed by atoms with Gasteiger partial charge in [0.1, 0.15) is 0 Å². The monoisotopic (exact) mass is 474 g/mol. The number of carbonyl (C=O) groups excluding carboxylic acids is 1. The van der Waals surface area contributed by atoms with Crippen molar-refractivity contribution in [2.24, 2.45) is 0 Å². The Kier molecular flexibility index (Phi) is 8.00. The fourth-order valence-corrected chi connectivity index (χ4v) is 3.18. The lowest BCUT2D eigenvalue weighted by atomic mass is 10.1. The lowest BCUT2D eigenvalue weighted by Gasteiger charge is -2.08. The molecule has 1 unspecified atom stereocenters. The quantitative estimate of drug-likeness (QED) is 0.380. The predicted molar refractivity (Wildman–Crippen MR) is 124 cm³/mol. The fourth-order valence-electron chi connectivity index (χ4n) is 3.18. The molecule has 0 aliphatic rings. The Balaban J connectivity index is 0.000000203. The normalized spacial score (nSPS) is 11.7. The first-order valence-corrected chi connectivity index (χ1v) is 11.2. The minimum atomic E-state index is -1.04. The van der Waals surface area contributed by atoms with Gasteiger partial charge in [-0.3, -0.25) is 4.79 Å². The van der Waals surface area contributed by atoms with Gasteiger partial charge in [0.2, 0.25) is 0 Å². The summed E-state index contributed by atoms with van der Waals surface area (Å²) in [5, 5.41) is 42.5. The summed E-state index contributed by atoms with van der Waals surface area (Å²) in [5.41, 5.74) is 2.38. The van der Waals surface area contributed by atoms with Crippen molar-refractivity contribution in [3.05, 3.63) is 47.3 Å². The number of hydrogen-bond acceptors (Lipinski definition) is 10. The van der Waals surface area contributed by atoms with E-state index >= 15 is 0 Å². The van der Waals surface area contributed by atoms with Crippen molar-refractivity contribution < 1.29 is 9.53 Å². The summed E-state index contributed by atoms with van der Waals surface area (Å²) < 4.78 is 8.14. The van der Waals surface area contributed by atoms with E-state index in [0.29, 0.717) is 23.6 Å². The van der Waals surface area contributed by atoms with Gasteiger partial charge in [-0.25, -0.2) is 0 Å². The summed E-state index contributed by atoms with van der Waals surface area (Å²) in [6, 6.07) is 10.9. The van der Waals surface area contributed by atoms with E-state index in [0.717, 1.165) is 17.2 Å². The Labute approximate surface area is 202 Å². The van der Waals surface area contributed by atoms with Gasteiger partial charge in [0.25, 0.3) is 0 Å². The number of nitriles is 2. The molecule has 0 aliphatic heterocycles. The second kappa shape index (κ2) is 11.1. The Bertz CT molecular complexity index is 1410. The average Bonchev–Trinajstić information content (AvgIpc) is 3.44. The third-order valence-electron chi connectivity index (χ3n) is 4.89. The molecule has 1 atom stereocenters. The number of rotatable bonds is 6. The Morgan fingerprint density at radius 3 is 2.00 bits per heavy atom. The Morgan fingerprint density at radius 2 is 1.49 bits per heavy atom. The van der Waals surface area contributed by atoms with Gasteiger partial charge < -0.3 is 4.74 Å². The van der Waals surface area contributed by atoms with E-state index in [9.17, 15) is 4.79 Å². The number of fused-ring (bicyclic) bond motifs is 2. The molecule has 0 saturated carbocycles. The van der Waals surface area contributed by atoms with Crippen molar-refractivity contribution in [1.29, 1.82) is 10.5 Å². The fraction of sp³-hybridized carbons (Fsp3) is 0.435. The molecule has 4 heterocycles. The van der Waals surface area contributed by atoms with Crippen molar-refractivity contribution in [2.45, 2.75) is 58.8 Å². The maximum atomic E-state index is 11.7. The van der Waals surface area contributed by atoms with Gasteiger partial charge in [-0.2, -0.15) is 29.8 Å². The summed E-state index contributed by atoms with van der Waals surface area (Å²) in [6.45, 7) is 9.93. The molecule has 4 aromatic rings. The maximum Gasteiger partial charge on any atom is 0.329 e. The third-order valence-corrected chi connectivity index (χ3v) is 4.89. The number of esters is 1. The minimum absolute atomic E-state index is 0.135. The molecule has 12 heteroatoms. The zero-order valence-corrected chi connectivity index (χ0v) is 20.2. The summed E-state index contributed by atoms with van der Waals surface area (Å²) in [6.07, 6.45) is 0.311. The zero-order valence-electron chi connectivity index (χ0n) is 20.2. The van der Waals surface area contributed by atoms with E-state index in [2.05, 4.69) is 36.7 Å². The number of carbonyl (C=O) groups is 1. The molecule has 0 amide bonds. The van der Waals surface area contributed by atoms with Crippen molar-refractivity contribution in [2.75, 3.05) is 6.61 Å². The highest BCUT2D eigenvalue weighted by Gasteiger charge is 2.24. The van der Waals surface area contributed by atoms with Gasteiger partial charge in [-0.05, 0) is 31.2 Å². The molecule has 0 radical (unpaired) electrons. The second-order valence-corrected chi connectivity index (χ2v) is 8.20. The number of ether oxygens (including phenoxy) is 1. The van der Waals surface area contributed by atoms with Crippen molar-refractivity contribution in [1.82, 2.24) is 39.6 Å². The van der Waals surface area contributed by atoms with Crippen molar-refractivity contribution in [3.8, 4) is 12.1 Å². The first kappa shape index (κ1) is 25.2. The van der Waals surface area contributed by atoms with Gasteiger partial charge in [-0.1, -0.05) is 27.7 Å². The molecule has 35 heavy (non-hydrogen) atoms. The average molecular weight is 475 g/mol. The van der Waals surface area contributed by atoms with Gasteiger partial charge in [0, 0.05) is 11.8 Å². The maximum absolute atomic E-state index is 11.7. The highest BCUT2D eigenvalue weighted by Crippen LogP contribution is 2.18. The molecule has 180 valence electrons. The molecule has 0 spiro atoms. The van der Waals surface area contributed by atoms with Gasteiger partial charge >= 0.3 is 5.97 Å². The molecule has 0 aromatic carbocycles. The van der Waals surface area contributed by atoms with E-state index in [-0.39, 0.29) is 18.4 Å². The molecule has 0 fully saturated rings. The van der Waals surface area contributed by atoms with Crippen LogP contribution in [0.1, 0.15) is 75.4 Å². The van der Waals surface area contributed by atoms with Crippen LogP contribution in [0.4, 0.5) is 0 Å². The summed E-state index contributed by atoms with van der Waals surface area (Å²) >= 11 is 0. The largest absolute Gasteiger partial charge is 0.465 e. The standard InChI is InChI=1S/C13H15N5O2.C10H11N5/c1-4-20-13(19)9(7-14)10-5-6-11-15-16-12(8(2)3)18(11)17-10;1-7(2)10-13-12-9-4-3-8(5-6-11)14-15(9)10/h5-6,8-9H,4H2,1-3H3;3-4,7H,5H2,1-2H3. The molecule has 0 N–H and O–H groups in total. The van der Waals surface area contributed by atoms with Crippen LogP contribution in [0.15, 0.2) is 24.3 Å². The van der Waals surface area contributed by atoms with E-state index in [4.69, 9.17) is 15.3 Å². The van der Waals surface area contributed by atoms with Crippen LogP contribution in [0.25, 0.3) is 11.3 Å². The summed E-state index contributed by atoms with van der Waals surface area (Å²) in [7, 11) is 0. The van der Waals surface area contributed by atoms with E-state index in [1.807, 2.05) is 39.8 Å². The van der Waals surface area contributed by atoms with Crippen LogP contribution in [-0.2, 0) is 16.0 Å². The lowest BCUT2D eigenvalue weighted by Crippen LogP contribution is -2.17. The SMILES string of the molecule is CC(C)c1nnc2ccc(CC#N)nn12.CCOC(=O)C(C#N)c1ccc2nnc(C(C)C)n2n1. The molecule has 0 bridgehead atoms. The van der Waals surface area contributed by atoms with Crippen LogP contribution in [0, 0.1) is 22.7 Å². The molecular weight excluding hydrogens is 448 g/mol. The van der Waals surface area contributed by atoms with Crippen LogP contribution < -0.4 is 0 Å². The van der Waals surface area contributed by atoms with Gasteiger partial charge in [0.15, 0.2) is 28.9 Å². The number of hydrogen-bond donors (Lipinski definition) is 0. The van der Waals surface area contributed by atoms with Crippen molar-refractivity contribution >= 4 is 17.3 Å². The molecule has 4 aromatic heterocycles. The topological polar surface area (TPSA) is 160 Å². The van der Waals surface area contributed by atoms with Crippen LogP contribution in [-0.4, -0.2) is 52.2 Å². The predicted octanol–water partition coefficient (Wildman–Crippen LogP) is 2.73. The van der Waals surface area contributed by atoms with Crippen LogP contribution >= 0.6 is 0 Å². The first-order valence-electron chi connectivity index (χ1n) is 11.2. The van der Waals surface area contributed by atoms with E-state index < -0.39 is 11.9 Å². The summed E-state index contributed by atoms with van der Waals surface area (Å²) in [5.74, 6) is 0.274. The van der Waals surface area contributed by atoms with Crippen LogP contribution in [0.5, 0.6) is 0 Å². The Morgan fingerprint density at radius 1 is 0.914 bits per heavy atom. The lowest BCUT2D eigenvalue weighted by molar-refractivity contribution is -0.143. The molecule has 0 saturated heterocycles. The highest BCUT2D eigenvalue weighted by atomic mass is 16.5. The molecule has 4 rings (SSSR count). The number of aromatic nitrogens is 8. The van der Waals surface area contributed by atoms with Crippen LogP contribution in [0.2, 0.25) is 0 Å². The zero-order chi connectivity index (χ0) is 25.5. The molecule has 12 nitrogen and oxygen atoms in total. The van der Waals surface area contributed by atoms with Crippen LogP contribution in [0.3, 0.4) is 0 Å². The van der Waals surface area contributed by atoms with Gasteiger partial charge in [-0.15, -0.1) is 20.4 Å². The van der Waals surface area contributed by atoms with Crippen molar-refractivity contribution in [3.63, 3.8) is 0 Å². The first-order chi connectivity index (χ1) is 16.8. The molecule has 0 aliphatic carbocycles. The highest BCUT2D eigenvalue weighted by molar-refractivity contribution is 5.80.